The van der Waals surface area contributed by atoms with Crippen LogP contribution in [0.2, 0.25) is 10.0 Å². The highest BCUT2D eigenvalue weighted by atomic mass is 35.5. The number of halogens is 2. The van der Waals surface area contributed by atoms with Crippen LogP contribution in [0.3, 0.4) is 0 Å². The quantitative estimate of drug-likeness (QED) is 0.298. The summed E-state index contributed by atoms with van der Waals surface area (Å²) >= 11 is 12.3. The van der Waals surface area contributed by atoms with E-state index in [-0.39, 0.29) is 24.8 Å². The van der Waals surface area contributed by atoms with Crippen molar-refractivity contribution in [2.75, 3.05) is 6.54 Å². The number of unbranched alkanes of at least 4 members (excludes halogenated alkanes) is 1. The van der Waals surface area contributed by atoms with E-state index in [4.69, 9.17) is 28.3 Å². The van der Waals surface area contributed by atoms with Gasteiger partial charge in [0.1, 0.15) is 6.04 Å². The van der Waals surface area contributed by atoms with E-state index in [1.165, 1.54) is 6.08 Å². The van der Waals surface area contributed by atoms with Crippen LogP contribution in [0.15, 0.2) is 84.9 Å². The first-order valence-electron chi connectivity index (χ1n) is 12.4. The average molecular weight is 551 g/mol. The van der Waals surface area contributed by atoms with Gasteiger partial charge in [-0.2, -0.15) is 0 Å². The van der Waals surface area contributed by atoms with Gasteiger partial charge in [-0.15, -0.1) is 0 Å². The largest absolute Gasteiger partial charge is 0.481 e. The lowest BCUT2D eigenvalue weighted by atomic mass is 9.99. The Kier molecular flexibility index (Phi) is 8.87. The van der Waals surface area contributed by atoms with E-state index in [0.29, 0.717) is 34.1 Å². The molecule has 0 fully saturated rings. The molecule has 0 radical (unpaired) electrons. The normalized spacial score (nSPS) is 16.7. The molecule has 2 unspecified atom stereocenters. The van der Waals surface area contributed by atoms with Crippen LogP contribution in [-0.2, 0) is 14.4 Å². The molecule has 1 aliphatic heterocycles. The summed E-state index contributed by atoms with van der Waals surface area (Å²) in [4.78, 5) is 42.7. The van der Waals surface area contributed by atoms with Gasteiger partial charge in [-0.25, -0.2) is 0 Å². The zero-order valence-corrected chi connectivity index (χ0v) is 22.4. The van der Waals surface area contributed by atoms with Crippen molar-refractivity contribution < 1.29 is 19.5 Å². The Balaban J connectivity index is 1.83. The molecule has 3 aromatic carbocycles. The molecule has 2 atom stereocenters. The number of hydrogen-bond donors (Lipinski definition) is 1. The molecular formula is C30H28Cl2N2O4. The van der Waals surface area contributed by atoms with E-state index in [0.717, 1.165) is 11.1 Å². The highest BCUT2D eigenvalue weighted by molar-refractivity contribution is 6.30. The Labute approximate surface area is 232 Å². The van der Waals surface area contributed by atoms with Gasteiger partial charge in [-0.3, -0.25) is 14.4 Å². The fourth-order valence-electron chi connectivity index (χ4n) is 4.67. The summed E-state index contributed by atoms with van der Waals surface area (Å²) in [6.07, 6.45) is 2.39. The number of carbonyl (C=O) groups excluding carboxylic acids is 2. The molecule has 0 aliphatic carbocycles. The van der Waals surface area contributed by atoms with Gasteiger partial charge in [0.05, 0.1) is 11.7 Å². The molecule has 1 N–H and O–H groups in total. The number of carboxylic acids is 1. The first-order valence-corrected chi connectivity index (χ1v) is 13.2. The summed E-state index contributed by atoms with van der Waals surface area (Å²) in [5, 5.41) is 10.2. The number of aliphatic carboxylic acids is 1. The van der Waals surface area contributed by atoms with Crippen molar-refractivity contribution in [2.24, 2.45) is 0 Å². The first kappa shape index (κ1) is 27.4. The highest BCUT2D eigenvalue weighted by Crippen LogP contribution is 2.38. The summed E-state index contributed by atoms with van der Waals surface area (Å²) < 4.78 is 0. The van der Waals surface area contributed by atoms with Crippen LogP contribution in [0.25, 0.3) is 5.70 Å². The lowest BCUT2D eigenvalue weighted by Gasteiger charge is -2.36. The molecule has 1 aliphatic rings. The van der Waals surface area contributed by atoms with Gasteiger partial charge in [0.2, 0.25) is 5.91 Å². The van der Waals surface area contributed by atoms with Crippen LogP contribution in [0.5, 0.6) is 0 Å². The number of hydrogen-bond acceptors (Lipinski definition) is 3. The molecule has 0 aromatic heterocycles. The smallest absolute Gasteiger partial charge is 0.303 e. The lowest BCUT2D eigenvalue weighted by Crippen LogP contribution is -2.43. The van der Waals surface area contributed by atoms with E-state index in [1.54, 1.807) is 46.2 Å². The van der Waals surface area contributed by atoms with E-state index < -0.39 is 18.1 Å². The summed E-state index contributed by atoms with van der Waals surface area (Å²) in [5.41, 5.74) is 2.68. The molecule has 4 rings (SSSR count). The van der Waals surface area contributed by atoms with Crippen LogP contribution in [0, 0.1) is 0 Å². The molecule has 6 nitrogen and oxygen atoms in total. The number of amides is 2. The molecule has 38 heavy (non-hydrogen) atoms. The maximum absolute atomic E-state index is 14.4. The molecule has 1 heterocycles. The molecule has 0 bridgehead atoms. The average Bonchev–Trinajstić information content (AvgIpc) is 3.01. The Morgan fingerprint density at radius 3 is 2.11 bits per heavy atom. The zero-order chi connectivity index (χ0) is 27.2. The maximum atomic E-state index is 14.4. The van der Waals surface area contributed by atoms with E-state index in [2.05, 4.69) is 0 Å². The van der Waals surface area contributed by atoms with Gasteiger partial charge in [0, 0.05) is 29.1 Å². The third-order valence-electron chi connectivity index (χ3n) is 6.63. The van der Waals surface area contributed by atoms with Crippen LogP contribution in [-0.4, -0.2) is 39.2 Å². The van der Waals surface area contributed by atoms with E-state index in [1.807, 2.05) is 49.4 Å². The molecular weight excluding hydrogens is 523 g/mol. The fourth-order valence-corrected chi connectivity index (χ4v) is 4.92. The van der Waals surface area contributed by atoms with Gasteiger partial charge in [-0.05, 0) is 60.7 Å². The maximum Gasteiger partial charge on any atom is 0.303 e. The number of carbonyl (C=O) groups is 3. The van der Waals surface area contributed by atoms with Gasteiger partial charge in [-0.1, -0.05) is 77.8 Å². The molecule has 0 saturated heterocycles. The van der Waals surface area contributed by atoms with Crippen LogP contribution in [0.4, 0.5) is 0 Å². The van der Waals surface area contributed by atoms with Crippen molar-refractivity contribution in [3.05, 3.63) is 112 Å². The van der Waals surface area contributed by atoms with Gasteiger partial charge < -0.3 is 14.9 Å². The minimum Gasteiger partial charge on any atom is -0.481 e. The number of carboxylic acid groups (broad SMARTS) is 1. The van der Waals surface area contributed by atoms with Crippen molar-refractivity contribution in [1.29, 1.82) is 0 Å². The third-order valence-corrected chi connectivity index (χ3v) is 7.13. The van der Waals surface area contributed by atoms with Crippen LogP contribution >= 0.6 is 23.2 Å². The van der Waals surface area contributed by atoms with Crippen molar-refractivity contribution in [3.63, 3.8) is 0 Å². The second-order valence-corrected chi connectivity index (χ2v) is 10.0. The van der Waals surface area contributed by atoms with Gasteiger partial charge in [0.25, 0.3) is 5.91 Å². The zero-order valence-electron chi connectivity index (χ0n) is 20.9. The summed E-state index contributed by atoms with van der Waals surface area (Å²) in [6, 6.07) is 22.0. The highest BCUT2D eigenvalue weighted by Gasteiger charge is 2.41. The predicted octanol–water partition coefficient (Wildman–Crippen LogP) is 6.76. The molecule has 3 aromatic rings. The molecule has 2 amide bonds. The number of nitrogens with zero attached hydrogens (tertiary/aromatic N) is 2. The SMILES string of the molecule is CC(c1ccc(Cl)cc1)N1C(=O)C=C(c2ccccc2)N(CCCCC(=O)O)C(=O)C1c1ccc(Cl)cc1. The van der Waals surface area contributed by atoms with Crippen molar-refractivity contribution in [1.82, 2.24) is 9.80 Å². The Morgan fingerprint density at radius 2 is 1.50 bits per heavy atom. The van der Waals surface area contributed by atoms with Crippen molar-refractivity contribution >= 4 is 46.7 Å². The summed E-state index contributed by atoms with van der Waals surface area (Å²) in [5.74, 6) is -1.47. The number of benzene rings is 3. The second-order valence-electron chi connectivity index (χ2n) is 9.16. The van der Waals surface area contributed by atoms with E-state index in [9.17, 15) is 14.4 Å². The Morgan fingerprint density at radius 1 is 0.895 bits per heavy atom. The molecule has 0 spiro atoms. The van der Waals surface area contributed by atoms with Gasteiger partial charge in [0.15, 0.2) is 0 Å². The summed E-state index contributed by atoms with van der Waals surface area (Å²) in [7, 11) is 0. The number of rotatable bonds is 9. The summed E-state index contributed by atoms with van der Waals surface area (Å²) in [6.45, 7) is 2.16. The molecule has 8 heteroatoms. The Bertz CT molecular complexity index is 1320. The first-order chi connectivity index (χ1) is 18.3. The van der Waals surface area contributed by atoms with Gasteiger partial charge >= 0.3 is 5.97 Å². The molecule has 0 saturated carbocycles. The third kappa shape index (κ3) is 6.26. The minimum atomic E-state index is -0.928. The fraction of sp³-hybridized carbons (Fsp3) is 0.233. The van der Waals surface area contributed by atoms with E-state index >= 15 is 0 Å². The molecule has 196 valence electrons. The minimum absolute atomic E-state index is 0.00564. The lowest BCUT2D eigenvalue weighted by molar-refractivity contribution is -0.142. The second kappa shape index (κ2) is 12.3. The predicted molar refractivity (Wildman–Crippen MR) is 149 cm³/mol. The monoisotopic (exact) mass is 550 g/mol. The van der Waals surface area contributed by atoms with Crippen molar-refractivity contribution in [2.45, 2.75) is 38.3 Å². The van der Waals surface area contributed by atoms with Crippen LogP contribution in [0.1, 0.15) is 55.0 Å². The Hall–Kier alpha value is -3.61. The van der Waals surface area contributed by atoms with Crippen molar-refractivity contribution in [3.8, 4) is 0 Å². The van der Waals surface area contributed by atoms with Crippen LogP contribution < -0.4 is 0 Å². The topological polar surface area (TPSA) is 77.9 Å². The standard InChI is InChI=1S/C30H28Cl2N2O4/c1-20(21-10-14-24(31)15-11-21)34-27(35)19-26(22-7-3-2-4-8-22)33(18-6-5-9-28(36)37)30(38)29(34)23-12-16-25(32)17-13-23/h2-4,7-8,10-17,19-20,29H,5-6,9,18H2,1H3,(H,36,37).